The molecule has 2 aliphatic heterocycles. The molecular formula is C22H20O4. The van der Waals surface area contributed by atoms with Crippen LogP contribution in [0, 0.1) is 5.92 Å². The normalized spacial score (nSPS) is 20.0. The second-order valence-corrected chi connectivity index (χ2v) is 7.21. The van der Waals surface area contributed by atoms with E-state index in [0.29, 0.717) is 35.2 Å². The highest BCUT2D eigenvalue weighted by atomic mass is 16.5. The second kappa shape index (κ2) is 6.45. The van der Waals surface area contributed by atoms with Gasteiger partial charge in [-0.3, -0.25) is 9.59 Å². The summed E-state index contributed by atoms with van der Waals surface area (Å²) in [4.78, 5) is 24.7. The number of rotatable bonds is 3. The first-order valence-corrected chi connectivity index (χ1v) is 8.90. The van der Waals surface area contributed by atoms with E-state index in [4.69, 9.17) is 9.47 Å². The Kier molecular flexibility index (Phi) is 4.11. The summed E-state index contributed by atoms with van der Waals surface area (Å²) in [7, 11) is 0. The number of ether oxygens (including phenoxy) is 2. The Morgan fingerprint density at radius 3 is 2.58 bits per heavy atom. The lowest BCUT2D eigenvalue weighted by Gasteiger charge is -2.27. The summed E-state index contributed by atoms with van der Waals surface area (Å²) in [5, 5.41) is 0. The number of hydrogen-bond acceptors (Lipinski definition) is 4. The summed E-state index contributed by atoms with van der Waals surface area (Å²) in [5.41, 5.74) is 2.29. The second-order valence-electron chi connectivity index (χ2n) is 7.21. The zero-order valence-corrected chi connectivity index (χ0v) is 14.8. The minimum absolute atomic E-state index is 0.00470. The maximum absolute atomic E-state index is 12.8. The number of carbonyl (C=O) groups is 2. The van der Waals surface area contributed by atoms with Gasteiger partial charge in [-0.25, -0.2) is 0 Å². The molecule has 0 unspecified atom stereocenters. The number of fused-ring (bicyclic) bond motifs is 3. The average molecular weight is 348 g/mol. The molecule has 0 amide bonds. The van der Waals surface area contributed by atoms with Gasteiger partial charge in [-0.2, -0.15) is 0 Å². The summed E-state index contributed by atoms with van der Waals surface area (Å²) in [6.07, 6.45) is 2.91. The Morgan fingerprint density at radius 2 is 1.85 bits per heavy atom. The first-order chi connectivity index (χ1) is 12.5. The van der Waals surface area contributed by atoms with E-state index in [1.807, 2.05) is 30.3 Å². The third kappa shape index (κ3) is 2.92. The van der Waals surface area contributed by atoms with Crippen LogP contribution >= 0.6 is 0 Å². The highest BCUT2D eigenvalue weighted by Crippen LogP contribution is 2.48. The van der Waals surface area contributed by atoms with Crippen LogP contribution < -0.4 is 9.47 Å². The summed E-state index contributed by atoms with van der Waals surface area (Å²) < 4.78 is 11.4. The quantitative estimate of drug-likeness (QED) is 0.457. The van der Waals surface area contributed by atoms with Crippen molar-refractivity contribution in [2.45, 2.75) is 32.6 Å². The van der Waals surface area contributed by atoms with Gasteiger partial charge < -0.3 is 9.47 Å². The molecule has 2 heterocycles. The average Bonchev–Trinajstić information content (AvgIpc) is 2.91. The lowest BCUT2D eigenvalue weighted by Crippen LogP contribution is -2.21. The van der Waals surface area contributed by atoms with Crippen LogP contribution in [0.25, 0.3) is 6.08 Å². The van der Waals surface area contributed by atoms with Crippen molar-refractivity contribution >= 4 is 17.8 Å². The van der Waals surface area contributed by atoms with Crippen LogP contribution in [0.1, 0.15) is 54.1 Å². The minimum Gasteiger partial charge on any atom is -0.452 e. The molecule has 2 aromatic carbocycles. The number of allylic oxidation sites excluding steroid dienone is 1. The van der Waals surface area contributed by atoms with Crippen LogP contribution in [0.4, 0.5) is 0 Å². The van der Waals surface area contributed by atoms with Crippen LogP contribution in [-0.2, 0) is 4.79 Å². The Morgan fingerprint density at radius 1 is 1.08 bits per heavy atom. The molecule has 0 radical (unpaired) electrons. The van der Waals surface area contributed by atoms with Crippen molar-refractivity contribution in [1.82, 2.24) is 0 Å². The zero-order valence-electron chi connectivity index (χ0n) is 14.8. The Bertz CT molecular complexity index is 909. The van der Waals surface area contributed by atoms with Crippen molar-refractivity contribution < 1.29 is 19.1 Å². The molecule has 2 aliphatic rings. The van der Waals surface area contributed by atoms with E-state index in [-0.39, 0.29) is 17.7 Å². The smallest absolute Gasteiger partial charge is 0.311 e. The van der Waals surface area contributed by atoms with Gasteiger partial charge in [-0.15, -0.1) is 0 Å². The molecule has 4 heteroatoms. The monoisotopic (exact) mass is 348 g/mol. The molecule has 0 saturated heterocycles. The van der Waals surface area contributed by atoms with Gasteiger partial charge >= 0.3 is 5.97 Å². The molecule has 2 aromatic rings. The third-order valence-corrected chi connectivity index (χ3v) is 4.73. The molecule has 26 heavy (non-hydrogen) atoms. The number of ketones is 1. The molecule has 0 N–H and O–H groups in total. The maximum atomic E-state index is 12.8. The largest absolute Gasteiger partial charge is 0.452 e. The molecule has 0 bridgehead atoms. The first kappa shape index (κ1) is 16.6. The van der Waals surface area contributed by atoms with Gasteiger partial charge in [0.1, 0.15) is 11.5 Å². The fraction of sp³-hybridized carbons (Fsp3) is 0.273. The molecule has 0 spiro atoms. The van der Waals surface area contributed by atoms with Crippen LogP contribution in [0.15, 0.2) is 48.2 Å². The SMILES string of the molecule is CC(C)C[C@@H]1CC(=O)Oc2ccc3c(c21)O/C(=C\c1ccccc1)C3=O. The van der Waals surface area contributed by atoms with Gasteiger partial charge in [-0.05, 0) is 36.1 Å². The van der Waals surface area contributed by atoms with Gasteiger partial charge in [-0.1, -0.05) is 44.2 Å². The number of carbonyl (C=O) groups excluding carboxylic acids is 2. The standard InChI is InChI=1S/C22H20O4/c1-13(2)10-15-12-19(23)25-17-9-8-16-21(24)18(26-22(16)20(15)17)11-14-6-4-3-5-7-14/h3-9,11,13,15H,10,12H2,1-2H3/b18-11-/t15-/m1/s1. The van der Waals surface area contributed by atoms with E-state index >= 15 is 0 Å². The molecule has 4 nitrogen and oxygen atoms in total. The van der Waals surface area contributed by atoms with E-state index in [9.17, 15) is 9.59 Å². The highest BCUT2D eigenvalue weighted by Gasteiger charge is 2.37. The van der Waals surface area contributed by atoms with Crippen LogP contribution in [0.5, 0.6) is 11.5 Å². The molecule has 4 rings (SSSR count). The van der Waals surface area contributed by atoms with Crippen molar-refractivity contribution in [2.75, 3.05) is 0 Å². The van der Waals surface area contributed by atoms with E-state index in [1.54, 1.807) is 18.2 Å². The van der Waals surface area contributed by atoms with Crippen LogP contribution in [-0.4, -0.2) is 11.8 Å². The molecule has 1 atom stereocenters. The Labute approximate surface area is 152 Å². The van der Waals surface area contributed by atoms with Gasteiger partial charge in [0.25, 0.3) is 0 Å². The minimum atomic E-state index is -0.229. The van der Waals surface area contributed by atoms with Gasteiger partial charge in [0.2, 0.25) is 5.78 Å². The predicted molar refractivity (Wildman–Crippen MR) is 98.3 cm³/mol. The highest BCUT2D eigenvalue weighted by molar-refractivity contribution is 6.15. The summed E-state index contributed by atoms with van der Waals surface area (Å²) in [6, 6.07) is 13.0. The summed E-state index contributed by atoms with van der Waals surface area (Å²) >= 11 is 0. The molecular weight excluding hydrogens is 328 g/mol. The lowest BCUT2D eigenvalue weighted by molar-refractivity contribution is -0.136. The zero-order chi connectivity index (χ0) is 18.3. The topological polar surface area (TPSA) is 52.6 Å². The maximum Gasteiger partial charge on any atom is 0.311 e. The molecule has 132 valence electrons. The van der Waals surface area contributed by atoms with Crippen molar-refractivity contribution in [2.24, 2.45) is 5.92 Å². The molecule has 0 saturated carbocycles. The van der Waals surface area contributed by atoms with E-state index in [1.165, 1.54) is 0 Å². The van der Waals surface area contributed by atoms with Crippen LogP contribution in [0.2, 0.25) is 0 Å². The Balaban J connectivity index is 1.77. The molecule has 0 aliphatic carbocycles. The third-order valence-electron chi connectivity index (χ3n) is 4.73. The molecule has 0 aromatic heterocycles. The van der Waals surface area contributed by atoms with Crippen molar-refractivity contribution in [3.63, 3.8) is 0 Å². The first-order valence-electron chi connectivity index (χ1n) is 8.90. The number of hydrogen-bond donors (Lipinski definition) is 0. The fourth-order valence-corrected chi connectivity index (χ4v) is 3.67. The van der Waals surface area contributed by atoms with Gasteiger partial charge in [0, 0.05) is 11.5 Å². The fourth-order valence-electron chi connectivity index (χ4n) is 3.67. The van der Waals surface area contributed by atoms with Crippen molar-refractivity contribution in [1.29, 1.82) is 0 Å². The number of benzene rings is 2. The van der Waals surface area contributed by atoms with Gasteiger partial charge in [0.15, 0.2) is 5.76 Å². The van der Waals surface area contributed by atoms with E-state index < -0.39 is 0 Å². The van der Waals surface area contributed by atoms with Crippen molar-refractivity contribution in [3.8, 4) is 11.5 Å². The van der Waals surface area contributed by atoms with E-state index in [0.717, 1.165) is 17.5 Å². The predicted octanol–water partition coefficient (Wildman–Crippen LogP) is 4.74. The Hall–Kier alpha value is -2.88. The van der Waals surface area contributed by atoms with Crippen LogP contribution in [0.3, 0.4) is 0 Å². The summed E-state index contributed by atoms with van der Waals surface area (Å²) in [6.45, 7) is 4.24. The summed E-state index contributed by atoms with van der Waals surface area (Å²) in [5.74, 6) is 1.43. The molecule has 0 fully saturated rings. The number of Topliss-reactive ketones (excluding diaryl/α,β-unsaturated/α-hetero) is 1. The number of esters is 1. The van der Waals surface area contributed by atoms with Crippen molar-refractivity contribution in [3.05, 3.63) is 64.9 Å². The van der Waals surface area contributed by atoms with Gasteiger partial charge in [0.05, 0.1) is 12.0 Å². The lowest BCUT2D eigenvalue weighted by atomic mass is 9.84. The van der Waals surface area contributed by atoms with E-state index in [2.05, 4.69) is 13.8 Å².